The number of hydrogen-bond acceptors (Lipinski definition) is 3. The highest BCUT2D eigenvalue weighted by Gasteiger charge is 2.29. The molecular weight excluding hydrogens is 364 g/mol. The van der Waals surface area contributed by atoms with Crippen molar-refractivity contribution in [1.29, 1.82) is 0 Å². The van der Waals surface area contributed by atoms with Crippen LogP contribution in [0.3, 0.4) is 0 Å². The molecule has 0 aromatic heterocycles. The molecule has 0 aliphatic carbocycles. The van der Waals surface area contributed by atoms with E-state index < -0.39 is 6.04 Å². The number of ether oxygens (including phenoxy) is 1. The number of nitrogens with zero attached hydrogens (tertiary/aromatic N) is 1. The first-order valence-corrected chi connectivity index (χ1v) is 10.3. The molecule has 0 aliphatic heterocycles. The van der Waals surface area contributed by atoms with Crippen LogP contribution in [0.5, 0.6) is 5.75 Å². The molecule has 156 valence electrons. The summed E-state index contributed by atoms with van der Waals surface area (Å²) in [6.45, 7) is 8.19. The Morgan fingerprint density at radius 2 is 1.66 bits per heavy atom. The highest BCUT2D eigenvalue weighted by Crippen LogP contribution is 2.15. The van der Waals surface area contributed by atoms with E-state index in [4.69, 9.17) is 4.74 Å². The summed E-state index contributed by atoms with van der Waals surface area (Å²) in [6, 6.07) is 16.8. The van der Waals surface area contributed by atoms with E-state index in [0.29, 0.717) is 18.7 Å². The first kappa shape index (κ1) is 22.5. The van der Waals surface area contributed by atoms with Crippen LogP contribution in [-0.2, 0) is 16.1 Å². The van der Waals surface area contributed by atoms with Gasteiger partial charge in [-0.2, -0.15) is 0 Å². The zero-order chi connectivity index (χ0) is 21.2. The Morgan fingerprint density at radius 3 is 2.24 bits per heavy atom. The largest absolute Gasteiger partial charge is 0.484 e. The van der Waals surface area contributed by atoms with Gasteiger partial charge in [0.05, 0.1) is 0 Å². The van der Waals surface area contributed by atoms with E-state index in [1.165, 1.54) is 0 Å². The first-order chi connectivity index (χ1) is 13.9. The lowest BCUT2D eigenvalue weighted by Crippen LogP contribution is -2.51. The molecule has 2 amide bonds. The van der Waals surface area contributed by atoms with E-state index in [1.807, 2.05) is 82.3 Å². The second-order valence-electron chi connectivity index (χ2n) is 7.35. The Bertz CT molecular complexity index is 774. The van der Waals surface area contributed by atoms with Crippen molar-refractivity contribution in [2.45, 2.75) is 59.2 Å². The van der Waals surface area contributed by atoms with E-state index in [9.17, 15) is 9.59 Å². The average Bonchev–Trinajstić information content (AvgIpc) is 2.73. The molecule has 0 radical (unpaired) electrons. The SMILES string of the molecule is CC[C@H](C(=O)N[C@@H](C)CC)N(Cc1ccc(C)cc1)C(=O)COc1ccccc1. The third kappa shape index (κ3) is 6.93. The van der Waals surface area contributed by atoms with Crippen molar-refractivity contribution in [3.05, 3.63) is 65.7 Å². The zero-order valence-corrected chi connectivity index (χ0v) is 17.9. The van der Waals surface area contributed by atoms with Crippen molar-refractivity contribution in [3.63, 3.8) is 0 Å². The standard InChI is InChI=1S/C24H32N2O3/c1-5-19(4)25-24(28)22(6-2)26(16-20-14-12-18(3)13-15-20)23(27)17-29-21-10-8-7-9-11-21/h7-15,19,22H,5-6,16-17H2,1-4H3,(H,25,28)/t19-,22+/m0/s1. The second-order valence-corrected chi connectivity index (χ2v) is 7.35. The van der Waals surface area contributed by atoms with Gasteiger partial charge in [0.2, 0.25) is 5.91 Å². The normalized spacial score (nSPS) is 12.7. The molecule has 0 fully saturated rings. The molecule has 1 N–H and O–H groups in total. The molecule has 2 aromatic rings. The minimum absolute atomic E-state index is 0.0634. The molecule has 2 aromatic carbocycles. The molecule has 0 unspecified atom stereocenters. The molecule has 0 heterocycles. The molecule has 5 heteroatoms. The van der Waals surface area contributed by atoms with Gasteiger partial charge in [-0.15, -0.1) is 0 Å². The van der Waals surface area contributed by atoms with Gasteiger partial charge in [0.15, 0.2) is 6.61 Å². The summed E-state index contributed by atoms with van der Waals surface area (Å²) in [7, 11) is 0. The van der Waals surface area contributed by atoms with Crippen molar-refractivity contribution in [3.8, 4) is 5.75 Å². The highest BCUT2D eigenvalue weighted by molar-refractivity contribution is 5.88. The predicted octanol–water partition coefficient (Wildman–Crippen LogP) is 4.10. The van der Waals surface area contributed by atoms with Crippen LogP contribution in [0.2, 0.25) is 0 Å². The summed E-state index contributed by atoms with van der Waals surface area (Å²) >= 11 is 0. The molecule has 0 spiro atoms. The number of aryl methyl sites for hydroxylation is 1. The fraction of sp³-hybridized carbons (Fsp3) is 0.417. The maximum atomic E-state index is 13.1. The smallest absolute Gasteiger partial charge is 0.261 e. The average molecular weight is 397 g/mol. The number of para-hydroxylation sites is 1. The summed E-state index contributed by atoms with van der Waals surface area (Å²) in [6.07, 6.45) is 1.37. The van der Waals surface area contributed by atoms with Gasteiger partial charge in [-0.1, -0.05) is 61.9 Å². The van der Waals surface area contributed by atoms with Gasteiger partial charge in [-0.05, 0) is 44.4 Å². The lowest BCUT2D eigenvalue weighted by atomic mass is 10.1. The number of carbonyl (C=O) groups is 2. The van der Waals surface area contributed by atoms with Gasteiger partial charge in [-0.25, -0.2) is 0 Å². The van der Waals surface area contributed by atoms with Gasteiger partial charge in [0.25, 0.3) is 5.91 Å². The van der Waals surface area contributed by atoms with Crippen LogP contribution in [0.1, 0.15) is 44.7 Å². The number of rotatable bonds is 10. The fourth-order valence-electron chi connectivity index (χ4n) is 3.00. The van der Waals surface area contributed by atoms with Crippen molar-refractivity contribution < 1.29 is 14.3 Å². The summed E-state index contributed by atoms with van der Waals surface area (Å²) in [4.78, 5) is 27.6. The molecule has 0 saturated carbocycles. The van der Waals surface area contributed by atoms with Crippen molar-refractivity contribution in [2.24, 2.45) is 0 Å². The Kier molecular flexibility index (Phi) is 8.71. The van der Waals surface area contributed by atoms with Crippen LogP contribution in [0.25, 0.3) is 0 Å². The summed E-state index contributed by atoms with van der Waals surface area (Å²) in [5, 5.41) is 3.01. The molecular formula is C24H32N2O3. The lowest BCUT2D eigenvalue weighted by Gasteiger charge is -2.31. The number of amides is 2. The molecule has 0 bridgehead atoms. The van der Waals surface area contributed by atoms with Gasteiger partial charge in [0, 0.05) is 12.6 Å². The third-order valence-corrected chi connectivity index (χ3v) is 4.97. The van der Waals surface area contributed by atoms with Gasteiger partial charge >= 0.3 is 0 Å². The topological polar surface area (TPSA) is 58.6 Å². The first-order valence-electron chi connectivity index (χ1n) is 10.3. The number of hydrogen-bond donors (Lipinski definition) is 1. The minimum atomic E-state index is -0.544. The number of carbonyl (C=O) groups excluding carboxylic acids is 2. The van der Waals surface area contributed by atoms with Crippen LogP contribution in [0, 0.1) is 6.92 Å². The highest BCUT2D eigenvalue weighted by atomic mass is 16.5. The summed E-state index contributed by atoms with van der Waals surface area (Å²) < 4.78 is 5.66. The molecule has 2 atom stereocenters. The lowest BCUT2D eigenvalue weighted by molar-refractivity contribution is -0.143. The van der Waals surface area contributed by atoms with E-state index in [-0.39, 0.29) is 24.5 Å². The van der Waals surface area contributed by atoms with E-state index in [0.717, 1.165) is 17.5 Å². The number of benzene rings is 2. The van der Waals surface area contributed by atoms with Crippen LogP contribution in [0.15, 0.2) is 54.6 Å². The van der Waals surface area contributed by atoms with Crippen molar-refractivity contribution >= 4 is 11.8 Å². The van der Waals surface area contributed by atoms with Crippen LogP contribution < -0.4 is 10.1 Å². The minimum Gasteiger partial charge on any atom is -0.484 e. The maximum absolute atomic E-state index is 13.1. The van der Waals surface area contributed by atoms with Crippen LogP contribution >= 0.6 is 0 Å². The monoisotopic (exact) mass is 396 g/mol. The second kappa shape index (κ2) is 11.2. The predicted molar refractivity (Wildman–Crippen MR) is 116 cm³/mol. The third-order valence-electron chi connectivity index (χ3n) is 4.97. The van der Waals surface area contributed by atoms with Crippen molar-refractivity contribution in [1.82, 2.24) is 10.2 Å². The quantitative estimate of drug-likeness (QED) is 0.658. The van der Waals surface area contributed by atoms with E-state index in [1.54, 1.807) is 4.90 Å². The Morgan fingerprint density at radius 1 is 1.00 bits per heavy atom. The summed E-state index contributed by atoms with van der Waals surface area (Å²) in [5.74, 6) is 0.302. The van der Waals surface area contributed by atoms with E-state index in [2.05, 4.69) is 5.32 Å². The molecule has 0 aliphatic rings. The molecule has 5 nitrogen and oxygen atoms in total. The molecule has 0 saturated heterocycles. The van der Waals surface area contributed by atoms with Crippen LogP contribution in [0.4, 0.5) is 0 Å². The van der Waals surface area contributed by atoms with Gasteiger partial charge in [0.1, 0.15) is 11.8 Å². The van der Waals surface area contributed by atoms with E-state index >= 15 is 0 Å². The van der Waals surface area contributed by atoms with Crippen molar-refractivity contribution in [2.75, 3.05) is 6.61 Å². The summed E-state index contributed by atoms with van der Waals surface area (Å²) in [5.41, 5.74) is 2.14. The Hall–Kier alpha value is -2.82. The Labute approximate surface area is 174 Å². The Balaban J connectivity index is 2.19. The van der Waals surface area contributed by atoms with Crippen LogP contribution in [-0.4, -0.2) is 35.4 Å². The molecule has 2 rings (SSSR count). The number of nitrogens with one attached hydrogen (secondary N) is 1. The fourth-order valence-corrected chi connectivity index (χ4v) is 3.00. The molecule has 29 heavy (non-hydrogen) atoms. The maximum Gasteiger partial charge on any atom is 0.261 e. The van der Waals surface area contributed by atoms with Gasteiger partial charge < -0.3 is 15.0 Å². The zero-order valence-electron chi connectivity index (χ0n) is 17.9. The van der Waals surface area contributed by atoms with Gasteiger partial charge in [-0.3, -0.25) is 9.59 Å².